The summed E-state index contributed by atoms with van der Waals surface area (Å²) >= 11 is 1.27. The summed E-state index contributed by atoms with van der Waals surface area (Å²) in [5.41, 5.74) is 0.828. The zero-order valence-corrected chi connectivity index (χ0v) is 9.30. The van der Waals surface area contributed by atoms with E-state index in [1.165, 1.54) is 11.8 Å². The highest BCUT2D eigenvalue weighted by molar-refractivity contribution is 8.14. The number of rotatable bonds is 4. The molecule has 0 aliphatic rings. The first kappa shape index (κ1) is 11.3. The summed E-state index contributed by atoms with van der Waals surface area (Å²) in [7, 11) is 1.62. The van der Waals surface area contributed by atoms with Crippen LogP contribution in [-0.2, 0) is 9.53 Å². The van der Waals surface area contributed by atoms with Crippen molar-refractivity contribution in [3.63, 3.8) is 0 Å². The predicted octanol–water partition coefficient (Wildman–Crippen LogP) is 1.77. The van der Waals surface area contributed by atoms with Gasteiger partial charge in [-0.2, -0.15) is 5.10 Å². The van der Waals surface area contributed by atoms with Crippen molar-refractivity contribution in [1.82, 2.24) is 10.2 Å². The number of ether oxygens (including phenoxy) is 1. The van der Waals surface area contributed by atoms with Crippen LogP contribution >= 0.6 is 11.8 Å². The first-order valence-corrected chi connectivity index (χ1v) is 5.22. The average Bonchev–Trinajstić information content (AvgIpc) is 2.57. The lowest BCUT2D eigenvalue weighted by atomic mass is 10.2. The molecule has 0 aliphatic carbocycles. The number of H-pyrrole nitrogens is 1. The van der Waals surface area contributed by atoms with Gasteiger partial charge in [0.1, 0.15) is 6.10 Å². The van der Waals surface area contributed by atoms with Crippen molar-refractivity contribution in [2.75, 3.05) is 7.11 Å². The van der Waals surface area contributed by atoms with Gasteiger partial charge in [-0.15, -0.1) is 0 Å². The maximum absolute atomic E-state index is 10.9. The Bertz CT molecular complexity index is 287. The SMILES string of the molecule is COC(c1cc[nH]n1)[C@@H](C)SC(C)=O. The van der Waals surface area contributed by atoms with Gasteiger partial charge >= 0.3 is 0 Å². The Balaban J connectivity index is 2.67. The van der Waals surface area contributed by atoms with E-state index in [1.54, 1.807) is 20.2 Å². The van der Waals surface area contributed by atoms with Crippen LogP contribution in [0.25, 0.3) is 0 Å². The fraction of sp³-hybridized carbons (Fsp3) is 0.556. The Hall–Kier alpha value is -0.810. The number of nitrogens with zero attached hydrogens (tertiary/aromatic N) is 1. The Morgan fingerprint density at radius 3 is 2.86 bits per heavy atom. The molecule has 1 aromatic heterocycles. The minimum absolute atomic E-state index is 0.0702. The van der Waals surface area contributed by atoms with Crippen LogP contribution in [-0.4, -0.2) is 27.7 Å². The highest BCUT2D eigenvalue weighted by Gasteiger charge is 2.22. The maximum Gasteiger partial charge on any atom is 0.186 e. The largest absolute Gasteiger partial charge is 0.374 e. The van der Waals surface area contributed by atoms with Crippen LogP contribution in [0.2, 0.25) is 0 Å². The second-order valence-electron chi connectivity index (χ2n) is 2.97. The number of hydrogen-bond donors (Lipinski definition) is 1. The summed E-state index contributed by atoms with van der Waals surface area (Å²) < 4.78 is 5.30. The van der Waals surface area contributed by atoms with Crippen molar-refractivity contribution in [2.24, 2.45) is 0 Å². The van der Waals surface area contributed by atoms with E-state index in [0.29, 0.717) is 0 Å². The molecule has 1 aromatic rings. The van der Waals surface area contributed by atoms with E-state index < -0.39 is 0 Å². The molecule has 0 aliphatic heterocycles. The number of hydrogen-bond acceptors (Lipinski definition) is 4. The van der Waals surface area contributed by atoms with Crippen LogP contribution in [0.5, 0.6) is 0 Å². The summed E-state index contributed by atoms with van der Waals surface area (Å²) in [6, 6.07) is 1.85. The number of carbonyl (C=O) groups excluding carboxylic acids is 1. The third kappa shape index (κ3) is 2.85. The molecular weight excluding hydrogens is 200 g/mol. The number of nitrogens with one attached hydrogen (secondary N) is 1. The van der Waals surface area contributed by atoms with Crippen LogP contribution in [0.1, 0.15) is 25.6 Å². The lowest BCUT2D eigenvalue weighted by molar-refractivity contribution is -0.109. The molecule has 14 heavy (non-hydrogen) atoms. The van der Waals surface area contributed by atoms with Crippen LogP contribution < -0.4 is 0 Å². The van der Waals surface area contributed by atoms with Gasteiger partial charge in [0.15, 0.2) is 5.12 Å². The van der Waals surface area contributed by atoms with Crippen LogP contribution in [0.15, 0.2) is 12.3 Å². The van der Waals surface area contributed by atoms with E-state index in [9.17, 15) is 4.79 Å². The van der Waals surface area contributed by atoms with Gasteiger partial charge in [0.2, 0.25) is 0 Å². The molecular formula is C9H14N2O2S. The zero-order valence-electron chi connectivity index (χ0n) is 8.48. The molecule has 0 bridgehead atoms. The topological polar surface area (TPSA) is 55.0 Å². The van der Waals surface area contributed by atoms with Crippen molar-refractivity contribution in [1.29, 1.82) is 0 Å². The van der Waals surface area contributed by atoms with Crippen molar-refractivity contribution in [2.45, 2.75) is 25.2 Å². The van der Waals surface area contributed by atoms with E-state index >= 15 is 0 Å². The van der Waals surface area contributed by atoms with Crippen LogP contribution in [0.3, 0.4) is 0 Å². The first-order valence-electron chi connectivity index (χ1n) is 4.35. The van der Waals surface area contributed by atoms with Crippen molar-refractivity contribution < 1.29 is 9.53 Å². The monoisotopic (exact) mass is 214 g/mol. The van der Waals surface area contributed by atoms with Gasteiger partial charge in [0, 0.05) is 25.5 Å². The second-order valence-corrected chi connectivity index (χ2v) is 4.52. The number of aromatic nitrogens is 2. The Kier molecular flexibility index (Phi) is 4.16. The molecule has 1 unspecified atom stereocenters. The van der Waals surface area contributed by atoms with Crippen LogP contribution in [0.4, 0.5) is 0 Å². The molecule has 0 saturated heterocycles. The quantitative estimate of drug-likeness (QED) is 0.829. The van der Waals surface area contributed by atoms with Gasteiger partial charge < -0.3 is 4.74 Å². The molecule has 0 aromatic carbocycles. The van der Waals surface area contributed by atoms with Crippen molar-refractivity contribution in [3.8, 4) is 0 Å². The smallest absolute Gasteiger partial charge is 0.186 e. The minimum atomic E-state index is -0.143. The molecule has 78 valence electrons. The molecule has 0 fully saturated rings. The predicted molar refractivity (Wildman–Crippen MR) is 56.1 cm³/mol. The summed E-state index contributed by atoms with van der Waals surface area (Å²) in [5.74, 6) is 0. The number of carbonyl (C=O) groups is 1. The van der Waals surface area contributed by atoms with E-state index in [1.807, 2.05) is 13.0 Å². The average molecular weight is 214 g/mol. The Morgan fingerprint density at radius 1 is 1.71 bits per heavy atom. The standard InChI is InChI=1S/C9H14N2O2S/c1-6(14-7(2)12)9(13-3)8-4-5-10-11-8/h4-6,9H,1-3H3,(H,10,11)/t6-,9?/m1/s1. The van der Waals surface area contributed by atoms with Gasteiger partial charge in [0.05, 0.1) is 5.69 Å². The molecule has 0 spiro atoms. The van der Waals surface area contributed by atoms with Gasteiger partial charge in [-0.05, 0) is 13.0 Å². The molecule has 5 heteroatoms. The van der Waals surface area contributed by atoms with Gasteiger partial charge in [-0.25, -0.2) is 0 Å². The Morgan fingerprint density at radius 2 is 2.43 bits per heavy atom. The number of thioether (sulfide) groups is 1. The summed E-state index contributed by atoms with van der Waals surface area (Å²) in [6.45, 7) is 3.51. The summed E-state index contributed by atoms with van der Waals surface area (Å²) in [5, 5.41) is 6.93. The highest BCUT2D eigenvalue weighted by Crippen LogP contribution is 2.27. The van der Waals surface area contributed by atoms with E-state index in [-0.39, 0.29) is 16.5 Å². The second kappa shape index (κ2) is 5.17. The zero-order chi connectivity index (χ0) is 10.6. The minimum Gasteiger partial charge on any atom is -0.374 e. The fourth-order valence-corrected chi connectivity index (χ4v) is 2.20. The maximum atomic E-state index is 10.9. The molecule has 0 radical (unpaired) electrons. The number of aromatic amines is 1. The fourth-order valence-electron chi connectivity index (χ4n) is 1.31. The molecule has 0 saturated carbocycles. The molecule has 4 nitrogen and oxygen atoms in total. The highest BCUT2D eigenvalue weighted by atomic mass is 32.2. The van der Waals surface area contributed by atoms with Gasteiger partial charge in [0.25, 0.3) is 0 Å². The van der Waals surface area contributed by atoms with Gasteiger partial charge in [-0.3, -0.25) is 9.89 Å². The lowest BCUT2D eigenvalue weighted by Crippen LogP contribution is -2.15. The number of methoxy groups -OCH3 is 1. The molecule has 0 amide bonds. The summed E-state index contributed by atoms with van der Waals surface area (Å²) in [6.07, 6.45) is 1.60. The van der Waals surface area contributed by atoms with E-state index in [0.717, 1.165) is 5.69 Å². The van der Waals surface area contributed by atoms with Gasteiger partial charge in [-0.1, -0.05) is 11.8 Å². The van der Waals surface area contributed by atoms with Crippen molar-refractivity contribution in [3.05, 3.63) is 18.0 Å². The molecule has 1 rings (SSSR count). The normalized spacial score (nSPS) is 15.1. The third-order valence-corrected chi connectivity index (χ3v) is 2.80. The Labute approximate surface area is 87.4 Å². The summed E-state index contributed by atoms with van der Waals surface area (Å²) in [4.78, 5) is 10.9. The molecule has 1 N–H and O–H groups in total. The van der Waals surface area contributed by atoms with E-state index in [4.69, 9.17) is 4.74 Å². The molecule has 2 atom stereocenters. The first-order chi connectivity index (χ1) is 6.65. The van der Waals surface area contributed by atoms with Crippen LogP contribution in [0, 0.1) is 0 Å². The lowest BCUT2D eigenvalue weighted by Gasteiger charge is -2.18. The third-order valence-electron chi connectivity index (χ3n) is 1.85. The molecule has 1 heterocycles. The van der Waals surface area contributed by atoms with Crippen molar-refractivity contribution >= 4 is 16.9 Å². The van der Waals surface area contributed by atoms with E-state index in [2.05, 4.69) is 10.2 Å².